The van der Waals surface area contributed by atoms with Gasteiger partial charge in [-0.3, -0.25) is 0 Å². The Hall–Kier alpha value is -2.76. The summed E-state index contributed by atoms with van der Waals surface area (Å²) in [5, 5.41) is 5.64. The molecule has 1 aliphatic carbocycles. The van der Waals surface area contributed by atoms with Crippen LogP contribution in [0.25, 0.3) is 11.4 Å². The number of carbonyl (C=O) groups excluding carboxylic acids is 1. The highest BCUT2D eigenvalue weighted by Crippen LogP contribution is 2.48. The van der Waals surface area contributed by atoms with Gasteiger partial charge in [0.25, 0.3) is 0 Å². The summed E-state index contributed by atoms with van der Waals surface area (Å²) in [6.45, 7) is 3.87. The summed E-state index contributed by atoms with van der Waals surface area (Å²) in [7, 11) is 0.542. The maximum atomic E-state index is 12.8. The Morgan fingerprint density at radius 2 is 1.83 bits per heavy atom. The van der Waals surface area contributed by atoms with Gasteiger partial charge in [0.2, 0.25) is 0 Å². The lowest BCUT2D eigenvalue weighted by atomic mass is 9.81. The van der Waals surface area contributed by atoms with Crippen molar-refractivity contribution in [2.75, 3.05) is 70.0 Å². The van der Waals surface area contributed by atoms with E-state index in [1.807, 2.05) is 37.2 Å². The van der Waals surface area contributed by atoms with Crippen LogP contribution in [0.4, 0.5) is 16.3 Å². The Bertz CT molecular complexity index is 1140. The van der Waals surface area contributed by atoms with Crippen LogP contribution in [0.5, 0.6) is 0 Å². The number of morpholine rings is 1. The van der Waals surface area contributed by atoms with Gasteiger partial charge < -0.3 is 25.2 Å². The number of anilines is 2. The predicted octanol–water partition coefficient (Wildman–Crippen LogP) is 2.09. The molecule has 11 heteroatoms. The minimum absolute atomic E-state index is 0.271. The molecule has 2 heterocycles. The highest BCUT2D eigenvalue weighted by atomic mass is 32.2. The van der Waals surface area contributed by atoms with Gasteiger partial charge >= 0.3 is 6.03 Å². The first-order chi connectivity index (χ1) is 16.7. The van der Waals surface area contributed by atoms with E-state index in [4.69, 9.17) is 14.7 Å². The fourth-order valence-electron chi connectivity index (χ4n) is 4.34. The first-order valence-electron chi connectivity index (χ1n) is 11.9. The molecule has 0 radical (unpaired) electrons. The van der Waals surface area contributed by atoms with E-state index in [-0.39, 0.29) is 6.03 Å². The summed E-state index contributed by atoms with van der Waals surface area (Å²) in [6.07, 6.45) is 3.29. The molecule has 1 aromatic heterocycles. The molecular weight excluding hydrogens is 468 g/mol. The number of benzene rings is 1. The van der Waals surface area contributed by atoms with E-state index in [1.165, 1.54) is 6.26 Å². The standard InChI is InChI=1S/C24H34N6O4S/c1-29(2)12-11-25-23(31)26-19-7-5-18(6-8-19)22-27-20(24(9-4-10-24)35(3,32)33)17-21(28-22)30-13-15-34-16-14-30/h5-8,17H,4,9-16H2,1-3H3,(H2,25,26,31). The number of likely N-dealkylation sites (N-methyl/N-ethyl adjacent to an activating group) is 1. The van der Waals surface area contributed by atoms with Crippen molar-refractivity contribution in [3.05, 3.63) is 36.0 Å². The number of urea groups is 1. The van der Waals surface area contributed by atoms with Crippen molar-refractivity contribution < 1.29 is 17.9 Å². The van der Waals surface area contributed by atoms with Crippen molar-refractivity contribution in [2.45, 2.75) is 24.0 Å². The van der Waals surface area contributed by atoms with Gasteiger partial charge in [-0.15, -0.1) is 0 Å². The zero-order chi connectivity index (χ0) is 25.1. The fraction of sp³-hybridized carbons (Fsp3) is 0.542. The largest absolute Gasteiger partial charge is 0.378 e. The number of amides is 2. The van der Waals surface area contributed by atoms with Gasteiger partial charge in [0.15, 0.2) is 15.7 Å². The highest BCUT2D eigenvalue weighted by Gasteiger charge is 2.49. The summed E-state index contributed by atoms with van der Waals surface area (Å²) in [5.41, 5.74) is 1.95. The van der Waals surface area contributed by atoms with Crippen LogP contribution in [0.1, 0.15) is 25.0 Å². The maximum Gasteiger partial charge on any atom is 0.319 e. The summed E-state index contributed by atoms with van der Waals surface area (Å²) in [5.74, 6) is 1.19. The van der Waals surface area contributed by atoms with Crippen LogP contribution in [0, 0.1) is 0 Å². The molecule has 35 heavy (non-hydrogen) atoms. The van der Waals surface area contributed by atoms with Gasteiger partial charge in [0, 0.05) is 49.8 Å². The normalized spacial score (nSPS) is 17.7. The lowest BCUT2D eigenvalue weighted by Crippen LogP contribution is -2.43. The average molecular weight is 503 g/mol. The van der Waals surface area contributed by atoms with Crippen LogP contribution in [0.2, 0.25) is 0 Å². The van der Waals surface area contributed by atoms with Crippen molar-refractivity contribution in [3.8, 4) is 11.4 Å². The Balaban J connectivity index is 1.60. The van der Waals surface area contributed by atoms with Crippen molar-refractivity contribution >= 4 is 27.4 Å². The second-order valence-corrected chi connectivity index (χ2v) is 11.7. The molecule has 0 bridgehead atoms. The number of ether oxygens (including phenoxy) is 1. The number of aromatic nitrogens is 2. The van der Waals surface area contributed by atoms with Crippen LogP contribution in [-0.4, -0.2) is 89.1 Å². The summed E-state index contributed by atoms with van der Waals surface area (Å²) in [4.78, 5) is 25.8. The zero-order valence-electron chi connectivity index (χ0n) is 20.6. The zero-order valence-corrected chi connectivity index (χ0v) is 21.4. The maximum absolute atomic E-state index is 12.8. The van der Waals surface area contributed by atoms with Gasteiger partial charge in [-0.25, -0.2) is 23.2 Å². The summed E-state index contributed by atoms with van der Waals surface area (Å²) in [6, 6.07) is 8.83. The lowest BCUT2D eigenvalue weighted by Gasteiger charge is -2.40. The summed E-state index contributed by atoms with van der Waals surface area (Å²) >= 11 is 0. The van der Waals surface area contributed by atoms with E-state index in [9.17, 15) is 13.2 Å². The minimum atomic E-state index is -3.35. The average Bonchev–Trinajstić information content (AvgIpc) is 2.78. The van der Waals surface area contributed by atoms with Crippen LogP contribution in [0.3, 0.4) is 0 Å². The van der Waals surface area contributed by atoms with Gasteiger partial charge in [-0.1, -0.05) is 0 Å². The molecule has 1 aromatic carbocycles. The van der Waals surface area contributed by atoms with Gasteiger partial charge in [-0.2, -0.15) is 0 Å². The molecule has 2 aliphatic rings. The van der Waals surface area contributed by atoms with E-state index < -0.39 is 14.6 Å². The monoisotopic (exact) mass is 502 g/mol. The molecule has 2 aromatic rings. The van der Waals surface area contributed by atoms with E-state index in [1.54, 1.807) is 12.1 Å². The van der Waals surface area contributed by atoms with Gasteiger partial charge in [0.1, 0.15) is 10.6 Å². The molecule has 1 saturated carbocycles. The molecule has 1 aliphatic heterocycles. The number of nitrogens with zero attached hydrogens (tertiary/aromatic N) is 4. The number of rotatable bonds is 8. The van der Waals surface area contributed by atoms with E-state index in [0.29, 0.717) is 68.7 Å². The third-order valence-electron chi connectivity index (χ3n) is 6.63. The third kappa shape index (κ3) is 5.74. The molecule has 0 spiro atoms. The topological polar surface area (TPSA) is 117 Å². The predicted molar refractivity (Wildman–Crippen MR) is 136 cm³/mol. The molecule has 2 fully saturated rings. The summed E-state index contributed by atoms with van der Waals surface area (Å²) < 4.78 is 30.1. The molecule has 0 unspecified atom stereocenters. The number of nitrogens with one attached hydrogen (secondary N) is 2. The van der Waals surface area contributed by atoms with Crippen molar-refractivity contribution in [1.29, 1.82) is 0 Å². The minimum Gasteiger partial charge on any atom is -0.378 e. The molecule has 1 saturated heterocycles. The fourth-order valence-corrected chi connectivity index (χ4v) is 5.85. The smallest absolute Gasteiger partial charge is 0.319 e. The molecule has 0 atom stereocenters. The van der Waals surface area contributed by atoms with E-state index in [2.05, 4.69) is 15.5 Å². The Kier molecular flexibility index (Phi) is 7.58. The Labute approximate surface area is 207 Å². The molecule has 4 rings (SSSR count). The second-order valence-electron chi connectivity index (χ2n) is 9.42. The van der Waals surface area contributed by atoms with Crippen LogP contribution in [-0.2, 0) is 19.3 Å². The first-order valence-corrected chi connectivity index (χ1v) is 13.8. The van der Waals surface area contributed by atoms with Crippen LogP contribution >= 0.6 is 0 Å². The molecule has 2 amide bonds. The molecule has 10 nitrogen and oxygen atoms in total. The number of sulfone groups is 1. The van der Waals surface area contributed by atoms with Crippen molar-refractivity contribution in [1.82, 2.24) is 20.2 Å². The molecule has 190 valence electrons. The third-order valence-corrected chi connectivity index (χ3v) is 8.67. The number of carbonyl (C=O) groups is 1. The Morgan fingerprint density at radius 1 is 1.14 bits per heavy atom. The van der Waals surface area contributed by atoms with Gasteiger partial charge in [-0.05, 0) is 57.6 Å². The number of hydrogen-bond acceptors (Lipinski definition) is 8. The lowest BCUT2D eigenvalue weighted by molar-refractivity contribution is 0.122. The highest BCUT2D eigenvalue weighted by molar-refractivity contribution is 7.91. The molecule has 2 N–H and O–H groups in total. The van der Waals surface area contributed by atoms with Gasteiger partial charge in [0.05, 0.1) is 18.9 Å². The van der Waals surface area contributed by atoms with Crippen molar-refractivity contribution in [3.63, 3.8) is 0 Å². The number of hydrogen-bond donors (Lipinski definition) is 2. The SMILES string of the molecule is CN(C)CCNC(=O)Nc1ccc(-c2nc(N3CCOCC3)cc(C3(S(C)(=O)=O)CCC3)n2)cc1. The van der Waals surface area contributed by atoms with Crippen LogP contribution in [0.15, 0.2) is 30.3 Å². The van der Waals surface area contributed by atoms with E-state index >= 15 is 0 Å². The van der Waals surface area contributed by atoms with Crippen LogP contribution < -0.4 is 15.5 Å². The van der Waals surface area contributed by atoms with Crippen molar-refractivity contribution in [2.24, 2.45) is 0 Å². The molecular formula is C24H34N6O4S. The second kappa shape index (κ2) is 10.5. The Morgan fingerprint density at radius 3 is 2.40 bits per heavy atom. The van der Waals surface area contributed by atoms with E-state index in [0.717, 1.165) is 18.5 Å². The quantitative estimate of drug-likeness (QED) is 0.564. The first kappa shape index (κ1) is 25.3.